The van der Waals surface area contributed by atoms with Gasteiger partial charge in [0.25, 0.3) is 5.56 Å². The zero-order chi connectivity index (χ0) is 28.3. The van der Waals surface area contributed by atoms with E-state index in [0.717, 1.165) is 16.9 Å². The third kappa shape index (κ3) is 5.46. The van der Waals surface area contributed by atoms with Gasteiger partial charge in [-0.3, -0.25) is 9.36 Å². The van der Waals surface area contributed by atoms with Crippen molar-refractivity contribution in [2.24, 2.45) is 5.73 Å². The lowest BCUT2D eigenvalue weighted by atomic mass is 9.83. The minimum absolute atomic E-state index is 0.0129. The third-order valence-electron chi connectivity index (χ3n) is 6.07. The van der Waals surface area contributed by atoms with Crippen LogP contribution in [-0.4, -0.2) is 43.4 Å². The molecule has 0 saturated carbocycles. The fourth-order valence-electron chi connectivity index (χ4n) is 4.31. The number of methoxy groups -OCH3 is 2. The zero-order valence-electron chi connectivity index (χ0n) is 22.3. The van der Waals surface area contributed by atoms with Crippen molar-refractivity contribution in [1.29, 1.82) is 0 Å². The molecule has 1 aliphatic heterocycles. The molecule has 0 saturated heterocycles. The topological polar surface area (TPSA) is 119 Å². The van der Waals surface area contributed by atoms with Crippen LogP contribution in [0.5, 0.6) is 11.5 Å². The number of carbonyl (C=O) groups is 2. The molecule has 0 fully saturated rings. The van der Waals surface area contributed by atoms with Crippen LogP contribution in [0.1, 0.15) is 37.8 Å². The second kappa shape index (κ2) is 11.6. The van der Waals surface area contributed by atoms with Gasteiger partial charge in [0.05, 0.1) is 48.5 Å². The summed E-state index contributed by atoms with van der Waals surface area (Å²) < 4.78 is 23.3. The van der Waals surface area contributed by atoms with Crippen molar-refractivity contribution < 1.29 is 28.5 Å². The van der Waals surface area contributed by atoms with Gasteiger partial charge < -0.3 is 24.7 Å². The highest BCUT2D eigenvalue weighted by Gasteiger charge is 2.40. The first-order valence-electron chi connectivity index (χ1n) is 12.3. The van der Waals surface area contributed by atoms with E-state index in [0.29, 0.717) is 21.6 Å². The van der Waals surface area contributed by atoms with Crippen LogP contribution < -0.4 is 30.0 Å². The molecule has 9 nitrogen and oxygen atoms in total. The van der Waals surface area contributed by atoms with Crippen molar-refractivity contribution in [3.05, 3.63) is 84.8 Å². The number of nitrogens with two attached hydrogens (primary N) is 1. The summed E-state index contributed by atoms with van der Waals surface area (Å²) in [6, 6.07) is 14.1. The van der Waals surface area contributed by atoms with E-state index >= 15 is 0 Å². The molecule has 4 rings (SSSR count). The Balaban J connectivity index is 2.07. The number of hydrogen-bond donors (Lipinski definition) is 1. The Morgan fingerprint density at radius 2 is 1.56 bits per heavy atom. The fourth-order valence-corrected chi connectivity index (χ4v) is 5.48. The van der Waals surface area contributed by atoms with Crippen LogP contribution in [0.25, 0.3) is 17.5 Å². The van der Waals surface area contributed by atoms with E-state index in [1.165, 1.54) is 4.57 Å². The van der Waals surface area contributed by atoms with Crippen molar-refractivity contribution in [3.8, 4) is 11.5 Å². The van der Waals surface area contributed by atoms with Gasteiger partial charge in [-0.2, -0.15) is 0 Å². The molecule has 1 atom stereocenters. The largest absolute Gasteiger partial charge is 0.497 e. The fraction of sp³-hybridized carbons (Fsp3) is 0.276. The van der Waals surface area contributed by atoms with E-state index in [1.807, 2.05) is 12.1 Å². The molecular formula is C29H30N2O7S. The number of benzene rings is 2. The lowest BCUT2D eigenvalue weighted by molar-refractivity contribution is -0.140. The average molecular weight is 551 g/mol. The van der Waals surface area contributed by atoms with Crippen molar-refractivity contribution in [1.82, 2.24) is 4.57 Å². The van der Waals surface area contributed by atoms with E-state index in [9.17, 15) is 14.4 Å². The highest BCUT2D eigenvalue weighted by molar-refractivity contribution is 7.07. The number of hydrogen-bond acceptors (Lipinski definition) is 9. The van der Waals surface area contributed by atoms with E-state index < -0.39 is 29.5 Å². The van der Waals surface area contributed by atoms with E-state index in [-0.39, 0.29) is 28.2 Å². The number of fused-ring (bicyclic) bond motifs is 1. The third-order valence-corrected chi connectivity index (χ3v) is 7.18. The van der Waals surface area contributed by atoms with Crippen LogP contribution in [0.3, 0.4) is 0 Å². The molecule has 2 heterocycles. The summed E-state index contributed by atoms with van der Waals surface area (Å²) in [4.78, 5) is 40.6. The van der Waals surface area contributed by atoms with Gasteiger partial charge in [-0.15, -0.1) is 11.3 Å². The van der Waals surface area contributed by atoms with Crippen molar-refractivity contribution in [2.75, 3.05) is 20.8 Å². The summed E-state index contributed by atoms with van der Waals surface area (Å²) in [5.41, 5.74) is 7.53. The molecule has 204 valence electrons. The highest BCUT2D eigenvalue weighted by atomic mass is 32.1. The lowest BCUT2D eigenvalue weighted by Gasteiger charge is -2.27. The lowest BCUT2D eigenvalue weighted by Crippen LogP contribution is -2.42. The van der Waals surface area contributed by atoms with Crippen LogP contribution in [-0.2, 0) is 19.1 Å². The van der Waals surface area contributed by atoms with Gasteiger partial charge in [-0.05, 0) is 62.2 Å². The summed E-state index contributed by atoms with van der Waals surface area (Å²) in [5, 5.41) is 0. The number of aromatic nitrogens is 1. The molecule has 0 bridgehead atoms. The first-order chi connectivity index (χ1) is 18.7. The molecule has 39 heavy (non-hydrogen) atoms. The Morgan fingerprint density at radius 3 is 2.10 bits per heavy atom. The highest BCUT2D eigenvalue weighted by Crippen LogP contribution is 2.38. The summed E-state index contributed by atoms with van der Waals surface area (Å²) in [5.74, 6) is -1.15. The van der Waals surface area contributed by atoms with Gasteiger partial charge in [0.15, 0.2) is 0 Å². The maximum absolute atomic E-state index is 13.7. The summed E-state index contributed by atoms with van der Waals surface area (Å²) >= 11 is 1.10. The molecule has 2 N–H and O–H groups in total. The molecule has 10 heteroatoms. The molecule has 1 aliphatic rings. The number of carbonyl (C=O) groups excluding carboxylic acids is 2. The van der Waals surface area contributed by atoms with Crippen LogP contribution in [0, 0.1) is 0 Å². The van der Waals surface area contributed by atoms with Gasteiger partial charge in [-0.1, -0.05) is 24.3 Å². The maximum atomic E-state index is 13.7. The molecule has 3 aromatic rings. The molecule has 2 aromatic carbocycles. The predicted octanol–water partition coefficient (Wildman–Crippen LogP) is 2.35. The molecule has 0 amide bonds. The Labute approximate surface area is 229 Å². The Bertz CT molecular complexity index is 1600. The Hall–Kier alpha value is -4.31. The smallest absolute Gasteiger partial charge is 0.338 e. The normalized spacial score (nSPS) is 15.3. The van der Waals surface area contributed by atoms with E-state index in [4.69, 9.17) is 24.7 Å². The predicted molar refractivity (Wildman–Crippen MR) is 149 cm³/mol. The zero-order valence-corrected chi connectivity index (χ0v) is 23.2. The van der Waals surface area contributed by atoms with Crippen LogP contribution in [0.2, 0.25) is 0 Å². The number of esters is 2. The maximum Gasteiger partial charge on any atom is 0.338 e. The molecule has 1 aromatic heterocycles. The van der Waals surface area contributed by atoms with Crippen molar-refractivity contribution >= 4 is 40.7 Å². The minimum Gasteiger partial charge on any atom is -0.497 e. The average Bonchev–Trinajstić information content (AvgIpc) is 3.24. The number of nitrogens with zero attached hydrogens (tertiary/aromatic N) is 1. The van der Waals surface area contributed by atoms with Gasteiger partial charge in [-0.25, -0.2) is 9.59 Å². The van der Waals surface area contributed by atoms with Crippen LogP contribution >= 0.6 is 11.3 Å². The second-order valence-electron chi connectivity index (χ2n) is 8.92. The van der Waals surface area contributed by atoms with Crippen molar-refractivity contribution in [2.45, 2.75) is 32.8 Å². The van der Waals surface area contributed by atoms with E-state index in [1.54, 1.807) is 77.5 Å². The Kier molecular flexibility index (Phi) is 8.25. The number of rotatable bonds is 8. The van der Waals surface area contributed by atoms with Crippen molar-refractivity contribution in [3.63, 3.8) is 0 Å². The van der Waals surface area contributed by atoms with Gasteiger partial charge in [0.2, 0.25) is 0 Å². The first kappa shape index (κ1) is 27.7. The SMILES string of the molecule is CCOC(=O)C1=C(N)n2c(s/c(=C/c3ccc(OC)cc3)c2=O)=C(C(=O)OC(C)C)C1c1ccc(OC)cc1. The standard InChI is InChI=1S/C29H30N2O7S/c1-6-37-28(33)23-22(18-9-13-20(36-5)14-10-18)24(29(34)38-16(2)3)27-31(25(23)30)26(32)21(39-27)15-17-7-11-19(35-4)12-8-17/h7-16,22H,6,30H2,1-5H3/b21-15+. The molecular weight excluding hydrogens is 520 g/mol. The second-order valence-corrected chi connectivity index (χ2v) is 9.95. The summed E-state index contributed by atoms with van der Waals surface area (Å²) in [6.45, 7) is 5.20. The molecule has 0 aliphatic carbocycles. The Morgan fingerprint density at radius 1 is 0.974 bits per heavy atom. The minimum atomic E-state index is -0.937. The van der Waals surface area contributed by atoms with Gasteiger partial charge >= 0.3 is 11.9 Å². The summed E-state index contributed by atoms with van der Waals surface area (Å²) in [7, 11) is 3.11. The first-order valence-corrected chi connectivity index (χ1v) is 13.2. The van der Waals surface area contributed by atoms with Gasteiger partial charge in [0, 0.05) is 0 Å². The van der Waals surface area contributed by atoms with Crippen LogP contribution in [0.4, 0.5) is 0 Å². The van der Waals surface area contributed by atoms with Gasteiger partial charge in [0.1, 0.15) is 22.0 Å². The molecule has 0 spiro atoms. The van der Waals surface area contributed by atoms with Crippen LogP contribution in [0.15, 0.2) is 58.9 Å². The molecule has 0 radical (unpaired) electrons. The number of ether oxygens (including phenoxy) is 4. The van der Waals surface area contributed by atoms with E-state index in [2.05, 4.69) is 0 Å². The molecule has 1 unspecified atom stereocenters. The summed E-state index contributed by atoms with van der Waals surface area (Å²) in [6.07, 6.45) is 1.25. The quantitative estimate of drug-likeness (QED) is 0.425. The monoisotopic (exact) mass is 550 g/mol. The number of thiazole rings is 1.